The first-order valence-electron chi connectivity index (χ1n) is 11.1. The molecule has 1 aromatic heterocycles. The summed E-state index contributed by atoms with van der Waals surface area (Å²) in [6, 6.07) is 8.10. The lowest BCUT2D eigenvalue weighted by Crippen LogP contribution is -2.46. The summed E-state index contributed by atoms with van der Waals surface area (Å²) in [4.78, 5) is 40.5. The summed E-state index contributed by atoms with van der Waals surface area (Å²) in [5.41, 5.74) is -0.635. The number of pyridine rings is 1. The van der Waals surface area contributed by atoms with Crippen LogP contribution in [0.1, 0.15) is 50.9 Å². The molecule has 3 heterocycles. The zero-order chi connectivity index (χ0) is 24.9. The standard InChI is InChI=1S/C25H20F3N3O4/c26-14-8-18(27)16(19(28)9-14)10-29-24(34)17-12-30-15-6-3-5-13-4-1-2-7-20(13)31(11-15)25(35)21(30)23(33)22(17)32/h1-2,4,7-9,12,15,33H,3,5-6,10-11H2,(H,29,34)/t15-/m0/s1. The molecule has 0 aliphatic carbocycles. The fourth-order valence-electron chi connectivity index (χ4n) is 4.75. The van der Waals surface area contributed by atoms with E-state index in [2.05, 4.69) is 5.32 Å². The van der Waals surface area contributed by atoms with E-state index in [0.29, 0.717) is 24.2 Å². The van der Waals surface area contributed by atoms with E-state index in [-0.39, 0.29) is 18.3 Å². The van der Waals surface area contributed by atoms with E-state index in [9.17, 15) is 32.7 Å². The van der Waals surface area contributed by atoms with Gasteiger partial charge >= 0.3 is 0 Å². The molecule has 180 valence electrons. The van der Waals surface area contributed by atoms with Crippen LogP contribution in [0.2, 0.25) is 0 Å². The number of fused-ring (bicyclic) bond motifs is 6. The molecule has 2 aliphatic heterocycles. The Hall–Kier alpha value is -4.08. The Bertz CT molecular complexity index is 1410. The molecule has 2 bridgehead atoms. The van der Waals surface area contributed by atoms with Crippen LogP contribution in [0.5, 0.6) is 5.75 Å². The molecule has 2 amide bonds. The van der Waals surface area contributed by atoms with Crippen LogP contribution < -0.4 is 15.6 Å². The maximum atomic E-state index is 13.9. The van der Waals surface area contributed by atoms with E-state index in [4.69, 9.17) is 0 Å². The molecule has 2 aromatic carbocycles. The van der Waals surface area contributed by atoms with Gasteiger partial charge in [0.1, 0.15) is 23.0 Å². The molecule has 0 unspecified atom stereocenters. The third-order valence-electron chi connectivity index (χ3n) is 6.49. The van der Waals surface area contributed by atoms with Crippen molar-refractivity contribution in [1.82, 2.24) is 9.88 Å². The number of para-hydroxylation sites is 1. The Kier molecular flexibility index (Phi) is 5.58. The SMILES string of the molecule is O=C(NCc1c(F)cc(F)cc1F)c1cn2c(c(O)c1=O)C(=O)N1C[C@@H]2CCCc2ccccc21. The lowest BCUT2D eigenvalue weighted by molar-refractivity contribution is 0.0927. The van der Waals surface area contributed by atoms with Gasteiger partial charge in [0.05, 0.1) is 6.04 Å². The van der Waals surface area contributed by atoms with Gasteiger partial charge in [-0.1, -0.05) is 18.2 Å². The van der Waals surface area contributed by atoms with Gasteiger partial charge in [0.25, 0.3) is 11.8 Å². The summed E-state index contributed by atoms with van der Waals surface area (Å²) in [5, 5.41) is 12.9. The number of rotatable bonds is 3. The first kappa shape index (κ1) is 22.7. The van der Waals surface area contributed by atoms with E-state index in [0.717, 1.165) is 18.4 Å². The molecule has 0 saturated carbocycles. The molecule has 0 radical (unpaired) electrons. The van der Waals surface area contributed by atoms with Crippen molar-refractivity contribution in [2.24, 2.45) is 0 Å². The van der Waals surface area contributed by atoms with Crippen molar-refractivity contribution in [2.75, 3.05) is 11.4 Å². The van der Waals surface area contributed by atoms with Gasteiger partial charge in [-0.3, -0.25) is 14.4 Å². The van der Waals surface area contributed by atoms with Crippen molar-refractivity contribution in [1.29, 1.82) is 0 Å². The van der Waals surface area contributed by atoms with Crippen LogP contribution in [0.4, 0.5) is 18.9 Å². The molecule has 35 heavy (non-hydrogen) atoms. The predicted molar refractivity (Wildman–Crippen MR) is 120 cm³/mol. The first-order chi connectivity index (χ1) is 16.8. The molecule has 0 fully saturated rings. The van der Waals surface area contributed by atoms with E-state index < -0.39 is 58.1 Å². The molecule has 7 nitrogen and oxygen atoms in total. The highest BCUT2D eigenvalue weighted by Crippen LogP contribution is 2.36. The number of carbonyl (C=O) groups is 2. The largest absolute Gasteiger partial charge is 0.503 e. The average Bonchev–Trinajstić information content (AvgIpc) is 2.80. The molecule has 3 aromatic rings. The highest BCUT2D eigenvalue weighted by atomic mass is 19.1. The summed E-state index contributed by atoms with van der Waals surface area (Å²) in [7, 11) is 0. The third kappa shape index (κ3) is 3.84. The summed E-state index contributed by atoms with van der Waals surface area (Å²) in [6.07, 6.45) is 3.35. The number of amides is 2. The number of nitrogens with zero attached hydrogens (tertiary/aromatic N) is 2. The molecule has 5 rings (SSSR count). The first-order valence-corrected chi connectivity index (χ1v) is 11.1. The van der Waals surface area contributed by atoms with Crippen LogP contribution in [-0.2, 0) is 13.0 Å². The molecular weight excluding hydrogens is 463 g/mol. The van der Waals surface area contributed by atoms with Crippen molar-refractivity contribution < 1.29 is 27.9 Å². The van der Waals surface area contributed by atoms with E-state index in [1.54, 1.807) is 0 Å². The average molecular weight is 483 g/mol. The number of nitrogens with one attached hydrogen (secondary N) is 1. The Morgan fingerprint density at radius 3 is 2.57 bits per heavy atom. The minimum absolute atomic E-state index is 0.213. The molecule has 2 aliphatic rings. The van der Waals surface area contributed by atoms with Gasteiger partial charge in [0, 0.05) is 42.7 Å². The summed E-state index contributed by atoms with van der Waals surface area (Å²) < 4.78 is 42.4. The van der Waals surface area contributed by atoms with Gasteiger partial charge in [-0.15, -0.1) is 0 Å². The highest BCUT2D eigenvalue weighted by Gasteiger charge is 2.37. The van der Waals surface area contributed by atoms with Crippen LogP contribution in [0.15, 0.2) is 47.4 Å². The van der Waals surface area contributed by atoms with Crippen LogP contribution in [0.3, 0.4) is 0 Å². The molecule has 1 atom stereocenters. The normalized spacial score (nSPS) is 16.7. The molecule has 2 N–H and O–H groups in total. The van der Waals surface area contributed by atoms with Gasteiger partial charge in [0.2, 0.25) is 5.43 Å². The lowest BCUT2D eigenvalue weighted by atomic mass is 9.95. The van der Waals surface area contributed by atoms with Gasteiger partial charge in [-0.25, -0.2) is 13.2 Å². The quantitative estimate of drug-likeness (QED) is 0.597. The van der Waals surface area contributed by atoms with Crippen LogP contribution in [0.25, 0.3) is 0 Å². The van der Waals surface area contributed by atoms with Crippen molar-refractivity contribution in [2.45, 2.75) is 31.8 Å². The van der Waals surface area contributed by atoms with Crippen molar-refractivity contribution >= 4 is 17.5 Å². The smallest absolute Gasteiger partial charge is 0.279 e. The second-order valence-corrected chi connectivity index (χ2v) is 8.60. The van der Waals surface area contributed by atoms with Crippen molar-refractivity contribution in [3.05, 3.63) is 92.7 Å². The fourth-order valence-corrected chi connectivity index (χ4v) is 4.75. The van der Waals surface area contributed by atoms with Gasteiger partial charge in [0.15, 0.2) is 11.4 Å². The van der Waals surface area contributed by atoms with Crippen LogP contribution in [-0.4, -0.2) is 28.0 Å². The lowest BCUT2D eigenvalue weighted by Gasteiger charge is -2.39. The number of aromatic nitrogens is 1. The number of halogens is 3. The van der Waals surface area contributed by atoms with Crippen molar-refractivity contribution in [3.8, 4) is 5.75 Å². The van der Waals surface area contributed by atoms with E-state index >= 15 is 0 Å². The zero-order valence-corrected chi connectivity index (χ0v) is 18.4. The van der Waals surface area contributed by atoms with Gasteiger partial charge < -0.3 is 19.9 Å². The molecule has 0 spiro atoms. The van der Waals surface area contributed by atoms with Crippen molar-refractivity contribution in [3.63, 3.8) is 0 Å². The Morgan fingerprint density at radius 1 is 1.11 bits per heavy atom. The van der Waals surface area contributed by atoms with Gasteiger partial charge in [-0.05, 0) is 30.9 Å². The molecule has 10 heteroatoms. The summed E-state index contributed by atoms with van der Waals surface area (Å²) in [5.74, 6) is -5.90. The number of hydrogen-bond acceptors (Lipinski definition) is 4. The molecular formula is C25H20F3N3O4. The Morgan fingerprint density at radius 2 is 1.83 bits per heavy atom. The minimum atomic E-state index is -1.19. The second kappa shape index (κ2) is 8.61. The maximum absolute atomic E-state index is 13.9. The number of carbonyl (C=O) groups excluding carboxylic acids is 2. The minimum Gasteiger partial charge on any atom is -0.503 e. The van der Waals surface area contributed by atoms with Crippen LogP contribution >= 0.6 is 0 Å². The zero-order valence-electron chi connectivity index (χ0n) is 18.4. The Balaban J connectivity index is 1.50. The van der Waals surface area contributed by atoms with Crippen LogP contribution in [0, 0.1) is 17.5 Å². The molecule has 0 saturated heterocycles. The number of hydrogen-bond donors (Lipinski definition) is 2. The monoisotopic (exact) mass is 483 g/mol. The third-order valence-corrected chi connectivity index (χ3v) is 6.49. The van der Waals surface area contributed by atoms with Gasteiger partial charge in [-0.2, -0.15) is 0 Å². The van der Waals surface area contributed by atoms with E-state index in [1.165, 1.54) is 15.7 Å². The predicted octanol–water partition coefficient (Wildman–Crippen LogP) is 3.44. The number of aromatic hydroxyl groups is 1. The number of anilines is 1. The Labute approximate surface area is 197 Å². The highest BCUT2D eigenvalue weighted by molar-refractivity contribution is 6.08. The summed E-state index contributed by atoms with van der Waals surface area (Å²) in [6.45, 7) is -0.357. The fraction of sp³-hybridized carbons (Fsp3) is 0.240. The maximum Gasteiger partial charge on any atom is 0.279 e. The summed E-state index contributed by atoms with van der Waals surface area (Å²) >= 11 is 0. The topological polar surface area (TPSA) is 91.6 Å². The second-order valence-electron chi connectivity index (χ2n) is 8.60. The number of benzene rings is 2. The van der Waals surface area contributed by atoms with E-state index in [1.807, 2.05) is 24.3 Å². The number of aryl methyl sites for hydroxylation is 1.